The molecule has 0 atom stereocenters. The number of rotatable bonds is 0. The first kappa shape index (κ1) is 11.6. The Kier molecular flexibility index (Phi) is 3.87. The Morgan fingerprint density at radius 1 is 1.33 bits per heavy atom. The van der Waals surface area contributed by atoms with Crippen LogP contribution in [0.15, 0.2) is 0 Å². The normalized spacial score (nSPS) is 21.3. The maximum Gasteiger partial charge on any atom is 0.310 e. The lowest BCUT2D eigenvalue weighted by Crippen LogP contribution is -3.00. The quantitative estimate of drug-likeness (QED) is 0.392. The number of quaternary nitrogens is 1. The molecule has 0 unspecified atom stereocenters. The number of Topliss-reactive ketones (excluding diaryl/α,β-unsaturated/α-hetero) is 1. The maximum atomic E-state index is 11.1. The highest BCUT2D eigenvalue weighted by Gasteiger charge is 2.32. The van der Waals surface area contributed by atoms with Crippen LogP contribution < -0.4 is 12.4 Å². The van der Waals surface area contributed by atoms with Crippen LogP contribution in [0.5, 0.6) is 0 Å². The van der Waals surface area contributed by atoms with Crippen LogP contribution in [0.4, 0.5) is 0 Å². The summed E-state index contributed by atoms with van der Waals surface area (Å²) in [7, 11) is 1.90. The third-order valence-electron chi connectivity index (χ3n) is 2.53. The number of hydrogen-bond acceptors (Lipinski definition) is 2. The average Bonchev–Trinajstić information content (AvgIpc) is 1.95. The minimum Gasteiger partial charge on any atom is -1.00 e. The molecule has 12 heavy (non-hydrogen) atoms. The molecule has 1 saturated heterocycles. The summed E-state index contributed by atoms with van der Waals surface area (Å²) in [4.78, 5) is 21.9. The van der Waals surface area contributed by atoms with Crippen LogP contribution in [0.3, 0.4) is 0 Å². The van der Waals surface area contributed by atoms with Crippen molar-refractivity contribution in [1.29, 1.82) is 0 Å². The fourth-order valence-electron chi connectivity index (χ4n) is 1.29. The van der Waals surface area contributed by atoms with Gasteiger partial charge in [-0.15, -0.1) is 0 Å². The number of likely N-dealkylation sites (tertiary alicyclic amines) is 1. The molecule has 3 nitrogen and oxygen atoms in total. The molecule has 1 rings (SSSR count). The van der Waals surface area contributed by atoms with Gasteiger partial charge in [0.15, 0.2) is 0 Å². The van der Waals surface area contributed by atoms with Crippen molar-refractivity contribution in [3.63, 3.8) is 0 Å². The first-order chi connectivity index (χ1) is 5.04. The molecule has 0 bridgehead atoms. The fourth-order valence-corrected chi connectivity index (χ4v) is 1.29. The van der Waals surface area contributed by atoms with Gasteiger partial charge in [-0.3, -0.25) is 9.28 Å². The van der Waals surface area contributed by atoms with Gasteiger partial charge in [0.05, 0.1) is 39.9 Å². The zero-order valence-electron chi connectivity index (χ0n) is 7.47. The van der Waals surface area contributed by atoms with Gasteiger partial charge in [-0.25, -0.2) is 4.79 Å². The van der Waals surface area contributed by atoms with Crippen LogP contribution in [0.25, 0.3) is 0 Å². The molecule has 0 aromatic heterocycles. The largest absolute Gasteiger partial charge is 1.00 e. The fraction of sp³-hybridized carbons (Fsp3) is 0.750. The summed E-state index contributed by atoms with van der Waals surface area (Å²) in [5.74, 6) is 0.458. The molecule has 0 aromatic carbocycles. The first-order valence-electron chi connectivity index (χ1n) is 3.92. The predicted molar refractivity (Wildman–Crippen MR) is 40.8 cm³/mol. The minimum absolute atomic E-state index is 0. The number of halogens is 1. The lowest BCUT2D eigenvalue weighted by atomic mass is 10.1. The van der Waals surface area contributed by atoms with Crippen LogP contribution >= 0.6 is 0 Å². The van der Waals surface area contributed by atoms with Gasteiger partial charge in [0, 0.05) is 0 Å². The molecule has 1 heterocycles. The summed E-state index contributed by atoms with van der Waals surface area (Å²) in [5.41, 5.74) is 0. The third-order valence-corrected chi connectivity index (χ3v) is 2.53. The van der Waals surface area contributed by atoms with Crippen molar-refractivity contribution in [3.8, 4) is 0 Å². The van der Waals surface area contributed by atoms with Crippen molar-refractivity contribution >= 4 is 11.7 Å². The summed E-state index contributed by atoms with van der Waals surface area (Å²) in [6, 6.07) is 0. The Labute approximate surface area is 78.7 Å². The number of nitrogens with zero attached hydrogens (tertiary/aromatic N) is 1. The number of carbonyl (C=O) groups is 2. The molecule has 0 saturated carbocycles. The Morgan fingerprint density at radius 3 is 2.08 bits per heavy atom. The SMILES string of the molecule is CC(=O)[N+]1(C)CCC(=O)CC1.[Cl-]. The standard InChI is InChI=1S/C8H14NO2.ClH/c1-7(10)9(2)5-3-8(11)4-6-9;/h3-6H2,1-2H3;1H/q+1;/p-1. The predicted octanol–water partition coefficient (Wildman–Crippen LogP) is -2.65. The number of hydrogen-bond donors (Lipinski definition) is 0. The van der Waals surface area contributed by atoms with Crippen molar-refractivity contribution in [1.82, 2.24) is 0 Å². The van der Waals surface area contributed by atoms with E-state index in [1.807, 2.05) is 7.05 Å². The third kappa shape index (κ3) is 2.29. The van der Waals surface area contributed by atoms with E-state index in [2.05, 4.69) is 0 Å². The van der Waals surface area contributed by atoms with E-state index in [0.29, 0.717) is 36.2 Å². The molecular weight excluding hydrogens is 178 g/mol. The Hall–Kier alpha value is -0.410. The molecule has 0 aromatic rings. The maximum absolute atomic E-state index is 11.1. The van der Waals surface area contributed by atoms with Gasteiger partial charge in [0.25, 0.3) is 0 Å². The average molecular weight is 192 g/mol. The summed E-state index contributed by atoms with van der Waals surface area (Å²) in [5, 5.41) is 0. The molecule has 0 spiro atoms. The zero-order chi connectivity index (χ0) is 8.48. The van der Waals surface area contributed by atoms with Gasteiger partial charge >= 0.3 is 5.91 Å². The second-order valence-corrected chi connectivity index (χ2v) is 3.40. The molecule has 4 heteroatoms. The van der Waals surface area contributed by atoms with Gasteiger partial charge < -0.3 is 12.4 Å². The topological polar surface area (TPSA) is 34.1 Å². The van der Waals surface area contributed by atoms with Gasteiger partial charge in [0.1, 0.15) is 5.78 Å². The van der Waals surface area contributed by atoms with Gasteiger partial charge in [-0.05, 0) is 0 Å². The van der Waals surface area contributed by atoms with Gasteiger partial charge in [-0.2, -0.15) is 0 Å². The van der Waals surface area contributed by atoms with E-state index in [4.69, 9.17) is 0 Å². The molecule has 0 aliphatic carbocycles. The number of piperidine rings is 1. The number of carbonyl (C=O) groups excluding carboxylic acids is 2. The van der Waals surface area contributed by atoms with Crippen molar-refractivity contribution in [2.75, 3.05) is 20.1 Å². The molecule has 1 fully saturated rings. The molecule has 0 N–H and O–H groups in total. The lowest BCUT2D eigenvalue weighted by molar-refractivity contribution is -0.835. The van der Waals surface area contributed by atoms with Crippen LogP contribution in [0, 0.1) is 0 Å². The van der Waals surface area contributed by atoms with E-state index in [1.165, 1.54) is 0 Å². The van der Waals surface area contributed by atoms with E-state index in [-0.39, 0.29) is 18.3 Å². The second-order valence-electron chi connectivity index (χ2n) is 3.40. The van der Waals surface area contributed by atoms with Crippen LogP contribution in [-0.2, 0) is 9.59 Å². The summed E-state index contributed by atoms with van der Waals surface area (Å²) < 4.78 is 0.436. The highest BCUT2D eigenvalue weighted by Crippen LogP contribution is 2.13. The van der Waals surface area contributed by atoms with Gasteiger partial charge in [0.2, 0.25) is 0 Å². The van der Waals surface area contributed by atoms with Crippen molar-refractivity contribution in [2.24, 2.45) is 0 Å². The van der Waals surface area contributed by atoms with Crippen LogP contribution in [0.1, 0.15) is 19.8 Å². The van der Waals surface area contributed by atoms with E-state index in [0.717, 1.165) is 0 Å². The lowest BCUT2D eigenvalue weighted by Gasteiger charge is -2.33. The van der Waals surface area contributed by atoms with Crippen LogP contribution in [-0.4, -0.2) is 36.3 Å². The smallest absolute Gasteiger partial charge is 0.310 e. The Morgan fingerprint density at radius 2 is 1.75 bits per heavy atom. The van der Waals surface area contributed by atoms with Crippen LogP contribution in [0.2, 0.25) is 0 Å². The molecule has 1 amide bonds. The monoisotopic (exact) mass is 191 g/mol. The number of ketones is 1. The van der Waals surface area contributed by atoms with Crippen molar-refractivity contribution in [2.45, 2.75) is 19.8 Å². The van der Waals surface area contributed by atoms with E-state index in [9.17, 15) is 9.59 Å². The zero-order valence-corrected chi connectivity index (χ0v) is 8.23. The van der Waals surface area contributed by atoms with Gasteiger partial charge in [-0.1, -0.05) is 0 Å². The summed E-state index contributed by atoms with van der Waals surface area (Å²) in [6.07, 6.45) is 1.13. The molecule has 1 aliphatic rings. The molecular formula is C8H14ClNO2. The molecule has 1 aliphatic heterocycles. The van der Waals surface area contributed by atoms with E-state index >= 15 is 0 Å². The molecule has 70 valence electrons. The highest BCUT2D eigenvalue weighted by atomic mass is 35.5. The summed E-state index contributed by atoms with van der Waals surface area (Å²) >= 11 is 0. The summed E-state index contributed by atoms with van der Waals surface area (Å²) in [6.45, 7) is 2.97. The Balaban J connectivity index is 0.00000121. The van der Waals surface area contributed by atoms with E-state index in [1.54, 1.807) is 6.92 Å². The Bertz CT molecular complexity index is 193. The van der Waals surface area contributed by atoms with Crippen molar-refractivity contribution in [3.05, 3.63) is 0 Å². The van der Waals surface area contributed by atoms with E-state index < -0.39 is 0 Å². The number of amides is 1. The molecule has 0 radical (unpaired) electrons. The van der Waals surface area contributed by atoms with Crippen molar-refractivity contribution < 1.29 is 26.5 Å². The highest BCUT2D eigenvalue weighted by molar-refractivity contribution is 5.80. The first-order valence-corrected chi connectivity index (χ1v) is 3.92. The minimum atomic E-state index is 0. The second kappa shape index (κ2) is 4.01.